The third-order valence-corrected chi connectivity index (χ3v) is 3.40. The molecule has 0 fully saturated rings. The van der Waals surface area contributed by atoms with Crippen molar-refractivity contribution >= 4 is 10.8 Å². The van der Waals surface area contributed by atoms with Crippen LogP contribution in [0.3, 0.4) is 0 Å². The number of hydrogen-bond donors (Lipinski definition) is 1. The molecule has 0 saturated carbocycles. The smallest absolute Gasteiger partial charge is 0.203 e. The highest BCUT2D eigenvalue weighted by atomic mass is 32.2. The second-order valence-corrected chi connectivity index (χ2v) is 5.54. The maximum Gasteiger partial charge on any atom is 0.203 e. The van der Waals surface area contributed by atoms with Gasteiger partial charge in [-0.2, -0.15) is 0 Å². The molecule has 0 aromatic heterocycles. The Morgan fingerprint density at radius 1 is 1.11 bits per heavy atom. The minimum absolute atomic E-state index is 0.586. The van der Waals surface area contributed by atoms with Gasteiger partial charge in [-0.25, -0.2) is 0 Å². The summed E-state index contributed by atoms with van der Waals surface area (Å²) in [6, 6.07) is 3.80. The van der Waals surface area contributed by atoms with Crippen LogP contribution in [-0.2, 0) is 17.3 Å². The number of benzene rings is 1. The lowest BCUT2D eigenvalue weighted by atomic mass is 10.2. The van der Waals surface area contributed by atoms with Crippen LogP contribution in [0.1, 0.15) is 5.56 Å². The second kappa shape index (κ2) is 8.01. The third kappa shape index (κ3) is 4.72. The fourth-order valence-corrected chi connectivity index (χ4v) is 2.12. The molecule has 1 aromatic carbocycles. The Bertz CT molecular complexity index is 412. The Balaban J connectivity index is 2.76. The fraction of sp³-hybridized carbons (Fsp3) is 0.538. The minimum atomic E-state index is -0.772. The molecule has 5 nitrogen and oxygen atoms in total. The van der Waals surface area contributed by atoms with E-state index in [9.17, 15) is 4.21 Å². The summed E-state index contributed by atoms with van der Waals surface area (Å²) in [6.07, 6.45) is 1.70. The molecule has 0 heterocycles. The van der Waals surface area contributed by atoms with Crippen LogP contribution in [-0.4, -0.2) is 44.1 Å². The van der Waals surface area contributed by atoms with E-state index in [1.54, 1.807) is 27.6 Å². The number of ether oxygens (including phenoxy) is 3. The Hall–Kier alpha value is -1.27. The Labute approximate surface area is 116 Å². The van der Waals surface area contributed by atoms with Gasteiger partial charge in [-0.1, -0.05) is 0 Å². The number of methoxy groups -OCH3 is 3. The first-order chi connectivity index (χ1) is 9.12. The summed E-state index contributed by atoms with van der Waals surface area (Å²) >= 11 is 0. The maximum atomic E-state index is 11.0. The van der Waals surface area contributed by atoms with E-state index < -0.39 is 10.8 Å². The van der Waals surface area contributed by atoms with E-state index in [1.165, 1.54) is 0 Å². The van der Waals surface area contributed by atoms with Crippen LogP contribution in [0.15, 0.2) is 12.1 Å². The van der Waals surface area contributed by atoms with Gasteiger partial charge < -0.3 is 19.5 Å². The van der Waals surface area contributed by atoms with E-state index in [-0.39, 0.29) is 0 Å². The van der Waals surface area contributed by atoms with Crippen molar-refractivity contribution in [2.75, 3.05) is 39.9 Å². The van der Waals surface area contributed by atoms with Crippen molar-refractivity contribution in [3.63, 3.8) is 0 Å². The fourth-order valence-electron chi connectivity index (χ4n) is 1.69. The molecule has 0 amide bonds. The van der Waals surface area contributed by atoms with Gasteiger partial charge in [-0.15, -0.1) is 0 Å². The molecule has 108 valence electrons. The van der Waals surface area contributed by atoms with Crippen molar-refractivity contribution in [1.82, 2.24) is 5.32 Å². The topological polar surface area (TPSA) is 56.8 Å². The molecule has 1 N–H and O–H groups in total. The lowest BCUT2D eigenvalue weighted by Gasteiger charge is -2.14. The largest absolute Gasteiger partial charge is 0.493 e. The Morgan fingerprint density at radius 2 is 1.68 bits per heavy atom. The molecule has 19 heavy (non-hydrogen) atoms. The molecule has 1 rings (SSSR count). The summed E-state index contributed by atoms with van der Waals surface area (Å²) in [5.74, 6) is 2.50. The first-order valence-electron chi connectivity index (χ1n) is 5.92. The predicted octanol–water partition coefficient (Wildman–Crippen LogP) is 1.18. The Kier molecular flexibility index (Phi) is 6.66. The van der Waals surface area contributed by atoms with E-state index in [1.807, 2.05) is 12.1 Å². The first kappa shape index (κ1) is 15.8. The van der Waals surface area contributed by atoms with Gasteiger partial charge in [0.15, 0.2) is 11.5 Å². The second-order valence-electron chi connectivity index (χ2n) is 3.99. The maximum absolute atomic E-state index is 11.0. The van der Waals surface area contributed by atoms with E-state index in [0.29, 0.717) is 36.1 Å². The third-order valence-electron chi connectivity index (χ3n) is 2.62. The average Bonchev–Trinajstić information content (AvgIpc) is 2.42. The molecule has 1 unspecified atom stereocenters. The minimum Gasteiger partial charge on any atom is -0.493 e. The quantitative estimate of drug-likeness (QED) is 0.728. The van der Waals surface area contributed by atoms with Crippen molar-refractivity contribution in [3.05, 3.63) is 17.7 Å². The van der Waals surface area contributed by atoms with E-state index >= 15 is 0 Å². The summed E-state index contributed by atoms with van der Waals surface area (Å²) in [4.78, 5) is 0. The zero-order chi connectivity index (χ0) is 14.3. The highest BCUT2D eigenvalue weighted by Crippen LogP contribution is 2.38. The van der Waals surface area contributed by atoms with Gasteiger partial charge in [0.2, 0.25) is 5.75 Å². The first-order valence-corrected chi connectivity index (χ1v) is 7.64. The van der Waals surface area contributed by atoms with Crippen LogP contribution in [0.5, 0.6) is 17.2 Å². The van der Waals surface area contributed by atoms with Crippen molar-refractivity contribution in [3.8, 4) is 17.2 Å². The zero-order valence-corrected chi connectivity index (χ0v) is 12.6. The van der Waals surface area contributed by atoms with Crippen LogP contribution in [0, 0.1) is 0 Å². The number of rotatable bonds is 8. The van der Waals surface area contributed by atoms with Gasteiger partial charge in [-0.05, 0) is 17.7 Å². The standard InChI is InChI=1S/C13H21NO4S/c1-16-11-7-10(9-14-5-6-19(4)15)8-12(17-2)13(11)18-3/h7-8,14H,5-6,9H2,1-4H3. The van der Waals surface area contributed by atoms with Crippen LogP contribution >= 0.6 is 0 Å². The van der Waals surface area contributed by atoms with Crippen molar-refractivity contribution in [2.45, 2.75) is 6.54 Å². The van der Waals surface area contributed by atoms with Crippen molar-refractivity contribution in [2.24, 2.45) is 0 Å². The molecule has 0 bridgehead atoms. The molecular formula is C13H21NO4S. The summed E-state index contributed by atoms with van der Waals surface area (Å²) in [5, 5.41) is 3.23. The molecule has 1 aromatic rings. The summed E-state index contributed by atoms with van der Waals surface area (Å²) in [5.41, 5.74) is 1.02. The van der Waals surface area contributed by atoms with Gasteiger partial charge >= 0.3 is 0 Å². The molecule has 6 heteroatoms. The van der Waals surface area contributed by atoms with Gasteiger partial charge in [0.05, 0.1) is 21.3 Å². The number of hydrogen-bond acceptors (Lipinski definition) is 5. The summed E-state index contributed by atoms with van der Waals surface area (Å²) in [7, 11) is 3.99. The SMILES string of the molecule is COc1cc(CNCCS(C)=O)cc(OC)c1OC. The molecule has 1 atom stereocenters. The highest BCUT2D eigenvalue weighted by molar-refractivity contribution is 7.84. The van der Waals surface area contributed by atoms with E-state index in [0.717, 1.165) is 5.56 Å². The average molecular weight is 287 g/mol. The van der Waals surface area contributed by atoms with Gasteiger partial charge in [-0.3, -0.25) is 4.21 Å². The van der Waals surface area contributed by atoms with Crippen molar-refractivity contribution in [1.29, 1.82) is 0 Å². The van der Waals surface area contributed by atoms with Crippen LogP contribution in [0.2, 0.25) is 0 Å². The van der Waals surface area contributed by atoms with Gasteiger partial charge in [0.1, 0.15) is 0 Å². The summed E-state index contributed by atoms with van der Waals surface area (Å²) in [6.45, 7) is 1.37. The lowest BCUT2D eigenvalue weighted by molar-refractivity contribution is 0.323. The van der Waals surface area contributed by atoms with Gasteiger partial charge in [0.25, 0.3) is 0 Å². The molecule has 0 radical (unpaired) electrons. The zero-order valence-electron chi connectivity index (χ0n) is 11.8. The lowest BCUT2D eigenvalue weighted by Crippen LogP contribution is -2.19. The van der Waals surface area contributed by atoms with Crippen molar-refractivity contribution < 1.29 is 18.4 Å². The molecule has 0 aliphatic rings. The van der Waals surface area contributed by atoms with Gasteiger partial charge in [0, 0.05) is 35.9 Å². The highest BCUT2D eigenvalue weighted by Gasteiger charge is 2.12. The monoisotopic (exact) mass is 287 g/mol. The summed E-state index contributed by atoms with van der Waals surface area (Å²) < 4.78 is 26.8. The normalized spacial score (nSPS) is 12.0. The van der Waals surface area contributed by atoms with Crippen LogP contribution < -0.4 is 19.5 Å². The van der Waals surface area contributed by atoms with E-state index in [4.69, 9.17) is 14.2 Å². The molecular weight excluding hydrogens is 266 g/mol. The van der Waals surface area contributed by atoms with Crippen LogP contribution in [0.4, 0.5) is 0 Å². The number of nitrogens with one attached hydrogen (secondary N) is 1. The molecule has 0 saturated heterocycles. The molecule has 0 aliphatic heterocycles. The van der Waals surface area contributed by atoms with Crippen LogP contribution in [0.25, 0.3) is 0 Å². The Morgan fingerprint density at radius 3 is 2.11 bits per heavy atom. The molecule has 0 spiro atoms. The molecule has 0 aliphatic carbocycles. The predicted molar refractivity (Wildman–Crippen MR) is 76.7 cm³/mol. The van der Waals surface area contributed by atoms with E-state index in [2.05, 4.69) is 5.32 Å².